The van der Waals surface area contributed by atoms with Crippen molar-refractivity contribution in [2.45, 2.75) is 13.3 Å². The molecule has 0 aliphatic heterocycles. The van der Waals surface area contributed by atoms with Crippen LogP contribution in [-0.4, -0.2) is 36.3 Å². The number of fused-ring (bicyclic) bond motifs is 1. The number of amides is 1. The van der Waals surface area contributed by atoms with Crippen LogP contribution in [0.1, 0.15) is 16.7 Å². The van der Waals surface area contributed by atoms with Crippen LogP contribution in [0, 0.1) is 18.6 Å². The van der Waals surface area contributed by atoms with E-state index in [0.29, 0.717) is 5.56 Å². The van der Waals surface area contributed by atoms with Crippen LogP contribution >= 0.6 is 0 Å². The third kappa shape index (κ3) is 4.78. The molecule has 1 aromatic heterocycles. The molecule has 0 radical (unpaired) electrons. The lowest BCUT2D eigenvalue weighted by atomic mass is 9.99. The zero-order valence-corrected chi connectivity index (χ0v) is 18.6. The van der Waals surface area contributed by atoms with Crippen LogP contribution in [0.3, 0.4) is 0 Å². The number of carbonyl (C=O) groups is 1. The standard InChI is InChI=1S/C21H21F2N3O5S/c1-11-13-9-15(22)18(31-21(28)26(3)4)10-17(13)30-20(27)14(11)8-12-6-5-7-16(19(12)23)25-32(29)24-2/h5-7,9-10,24-25H,8H2,1-4H3. The normalized spacial score (nSPS) is 11.9. The van der Waals surface area contributed by atoms with E-state index in [4.69, 9.17) is 9.15 Å². The minimum Gasteiger partial charge on any atom is -0.422 e. The van der Waals surface area contributed by atoms with E-state index in [-0.39, 0.29) is 40.0 Å². The lowest BCUT2D eigenvalue weighted by molar-refractivity contribution is 0.170. The average Bonchev–Trinajstić information content (AvgIpc) is 2.74. The highest BCUT2D eigenvalue weighted by molar-refractivity contribution is 7.84. The van der Waals surface area contributed by atoms with Crippen molar-refractivity contribution in [3.8, 4) is 5.75 Å². The number of hydrogen-bond donors (Lipinski definition) is 2. The number of carbonyl (C=O) groups excluding carboxylic acids is 1. The van der Waals surface area contributed by atoms with E-state index < -0.39 is 34.5 Å². The highest BCUT2D eigenvalue weighted by Crippen LogP contribution is 2.29. The van der Waals surface area contributed by atoms with Gasteiger partial charge in [-0.05, 0) is 37.2 Å². The Labute approximate surface area is 184 Å². The van der Waals surface area contributed by atoms with E-state index in [1.807, 2.05) is 0 Å². The molecule has 0 aliphatic rings. The van der Waals surface area contributed by atoms with E-state index in [2.05, 4.69) is 9.44 Å². The number of halogens is 2. The number of nitrogens with one attached hydrogen (secondary N) is 2. The van der Waals surface area contributed by atoms with Gasteiger partial charge in [0, 0.05) is 37.5 Å². The molecule has 0 aliphatic carbocycles. The van der Waals surface area contributed by atoms with Crippen molar-refractivity contribution >= 4 is 33.9 Å². The summed E-state index contributed by atoms with van der Waals surface area (Å²) in [6, 6.07) is 6.67. The number of anilines is 1. The molecule has 1 atom stereocenters. The topological polar surface area (TPSA) is 101 Å². The summed E-state index contributed by atoms with van der Waals surface area (Å²) in [5.74, 6) is -1.87. The van der Waals surface area contributed by atoms with Gasteiger partial charge in [-0.1, -0.05) is 12.1 Å². The second kappa shape index (κ2) is 9.45. The summed E-state index contributed by atoms with van der Waals surface area (Å²) in [6.45, 7) is 1.59. The molecule has 0 saturated carbocycles. The molecule has 8 nitrogen and oxygen atoms in total. The highest BCUT2D eigenvalue weighted by atomic mass is 32.2. The smallest absolute Gasteiger partial charge is 0.414 e. The van der Waals surface area contributed by atoms with Gasteiger partial charge in [-0.25, -0.2) is 27.3 Å². The minimum atomic E-state index is -1.68. The first-order valence-electron chi connectivity index (χ1n) is 9.40. The number of rotatable bonds is 6. The number of ether oxygens (including phenoxy) is 1. The van der Waals surface area contributed by atoms with E-state index in [1.54, 1.807) is 13.0 Å². The second-order valence-corrected chi connectivity index (χ2v) is 8.21. The van der Waals surface area contributed by atoms with Gasteiger partial charge in [-0.3, -0.25) is 4.72 Å². The first kappa shape index (κ1) is 23.4. The van der Waals surface area contributed by atoms with E-state index in [1.165, 1.54) is 33.3 Å². The lowest BCUT2D eigenvalue weighted by Crippen LogP contribution is -2.25. The van der Waals surface area contributed by atoms with Gasteiger partial charge in [0.25, 0.3) is 0 Å². The van der Waals surface area contributed by atoms with Crippen molar-refractivity contribution < 1.29 is 26.9 Å². The summed E-state index contributed by atoms with van der Waals surface area (Å²) in [4.78, 5) is 25.5. The largest absolute Gasteiger partial charge is 0.422 e. The average molecular weight is 465 g/mol. The summed E-state index contributed by atoms with van der Waals surface area (Å²) in [6.07, 6.45) is -0.918. The maximum absolute atomic E-state index is 14.9. The van der Waals surface area contributed by atoms with E-state index >= 15 is 0 Å². The monoisotopic (exact) mass is 465 g/mol. The molecule has 170 valence electrons. The van der Waals surface area contributed by atoms with Gasteiger partial charge in [0.15, 0.2) is 28.6 Å². The molecule has 3 aromatic rings. The van der Waals surface area contributed by atoms with Crippen LogP contribution in [0.15, 0.2) is 39.5 Å². The third-order valence-electron chi connectivity index (χ3n) is 4.74. The summed E-state index contributed by atoms with van der Waals surface area (Å²) in [5.41, 5.74) is -0.00763. The number of hydrogen-bond acceptors (Lipinski definition) is 5. The molecule has 2 aromatic carbocycles. The lowest BCUT2D eigenvalue weighted by Gasteiger charge is -2.13. The SMILES string of the molecule is CNS(=O)Nc1cccc(Cc2c(C)c3cc(F)c(OC(=O)N(C)C)cc3oc2=O)c1F. The molecule has 1 heterocycles. The Morgan fingerprint density at radius 1 is 1.25 bits per heavy atom. The van der Waals surface area contributed by atoms with E-state index in [9.17, 15) is 22.6 Å². The predicted octanol–water partition coefficient (Wildman–Crippen LogP) is 3.24. The fourth-order valence-electron chi connectivity index (χ4n) is 2.99. The van der Waals surface area contributed by atoms with Crippen LogP contribution in [0.2, 0.25) is 0 Å². The van der Waals surface area contributed by atoms with Gasteiger partial charge in [-0.2, -0.15) is 0 Å². The minimum absolute atomic E-state index is 0.00333. The second-order valence-electron chi connectivity index (χ2n) is 7.06. The summed E-state index contributed by atoms with van der Waals surface area (Å²) in [5, 5.41) is 0.285. The Balaban J connectivity index is 2.02. The van der Waals surface area contributed by atoms with Crippen molar-refractivity contribution in [3.63, 3.8) is 0 Å². The summed E-state index contributed by atoms with van der Waals surface area (Å²) < 4.78 is 56.2. The van der Waals surface area contributed by atoms with Gasteiger partial charge in [0.1, 0.15) is 5.58 Å². The van der Waals surface area contributed by atoms with Crippen molar-refractivity contribution in [2.75, 3.05) is 25.9 Å². The van der Waals surface area contributed by atoms with Crippen molar-refractivity contribution in [1.29, 1.82) is 0 Å². The number of benzene rings is 2. The molecule has 11 heteroatoms. The molecular formula is C21H21F2N3O5S. The Hall–Kier alpha value is -3.31. The number of nitrogens with zero attached hydrogens (tertiary/aromatic N) is 1. The third-order valence-corrected chi connectivity index (χ3v) is 5.51. The first-order chi connectivity index (χ1) is 15.1. The Bertz CT molecular complexity index is 1280. The molecule has 3 rings (SSSR count). The molecule has 0 fully saturated rings. The molecule has 32 heavy (non-hydrogen) atoms. The maximum Gasteiger partial charge on any atom is 0.414 e. The Morgan fingerprint density at radius 2 is 1.97 bits per heavy atom. The molecule has 0 saturated heterocycles. The highest BCUT2D eigenvalue weighted by Gasteiger charge is 2.19. The molecule has 0 spiro atoms. The van der Waals surface area contributed by atoms with Crippen LogP contribution < -0.4 is 19.8 Å². The maximum atomic E-state index is 14.9. The molecular weight excluding hydrogens is 444 g/mol. The van der Waals surface area contributed by atoms with Crippen LogP contribution in [-0.2, 0) is 17.6 Å². The van der Waals surface area contributed by atoms with Crippen LogP contribution in [0.5, 0.6) is 5.75 Å². The first-order valence-corrected chi connectivity index (χ1v) is 10.6. The van der Waals surface area contributed by atoms with Gasteiger partial charge in [0.05, 0.1) is 5.69 Å². The van der Waals surface area contributed by atoms with Gasteiger partial charge < -0.3 is 14.1 Å². The van der Waals surface area contributed by atoms with Crippen molar-refractivity contribution in [1.82, 2.24) is 9.62 Å². The van der Waals surface area contributed by atoms with E-state index in [0.717, 1.165) is 17.0 Å². The fraction of sp³-hybridized carbons (Fsp3) is 0.238. The predicted molar refractivity (Wildman–Crippen MR) is 117 cm³/mol. The molecule has 2 N–H and O–H groups in total. The molecule has 0 bridgehead atoms. The zero-order valence-electron chi connectivity index (χ0n) is 17.7. The zero-order chi connectivity index (χ0) is 23.6. The van der Waals surface area contributed by atoms with Crippen molar-refractivity contribution in [3.05, 3.63) is 69.1 Å². The fourth-order valence-corrected chi connectivity index (χ4v) is 3.45. The Kier molecular flexibility index (Phi) is 6.90. The quantitative estimate of drug-likeness (QED) is 0.545. The molecule has 1 amide bonds. The van der Waals surface area contributed by atoms with Crippen LogP contribution in [0.4, 0.5) is 19.3 Å². The summed E-state index contributed by atoms with van der Waals surface area (Å²) >= 11 is -1.68. The van der Waals surface area contributed by atoms with Crippen LogP contribution in [0.25, 0.3) is 11.0 Å². The van der Waals surface area contributed by atoms with Gasteiger partial charge in [0.2, 0.25) is 0 Å². The van der Waals surface area contributed by atoms with Gasteiger partial charge >= 0.3 is 11.7 Å². The Morgan fingerprint density at radius 3 is 2.62 bits per heavy atom. The number of aryl methyl sites for hydroxylation is 1. The molecule has 1 unspecified atom stereocenters. The summed E-state index contributed by atoms with van der Waals surface area (Å²) in [7, 11) is 4.33. The van der Waals surface area contributed by atoms with Crippen molar-refractivity contribution in [2.24, 2.45) is 0 Å². The van der Waals surface area contributed by atoms with Gasteiger partial charge in [-0.15, -0.1) is 0 Å².